The van der Waals surface area contributed by atoms with E-state index in [0.717, 1.165) is 64.0 Å². The zero-order valence-electron chi connectivity index (χ0n) is 31.7. The molecule has 0 N–H and O–H groups in total. The lowest BCUT2D eigenvalue weighted by molar-refractivity contribution is 0.667. The number of hydrogen-bond donors (Lipinski definition) is 0. The van der Waals surface area contributed by atoms with Crippen molar-refractivity contribution in [1.82, 2.24) is 19.5 Å². The second-order valence-electron chi connectivity index (χ2n) is 12.4. The van der Waals surface area contributed by atoms with Crippen LogP contribution in [0.25, 0.3) is 104 Å². The minimum atomic E-state index is -0.487. The highest BCUT2D eigenvalue weighted by atomic mass is 32.1. The minimum Gasteiger partial charge on any atom is -0.453 e. The van der Waals surface area contributed by atoms with E-state index in [4.69, 9.17) is 26.2 Å². The number of nitrogens with zero attached hydrogens (tertiary/aromatic N) is 4. The van der Waals surface area contributed by atoms with Gasteiger partial charge in [-0.1, -0.05) is 121 Å². The second-order valence-corrected chi connectivity index (χ2v) is 13.5. The molecule has 7 aromatic carbocycles. The van der Waals surface area contributed by atoms with Crippen molar-refractivity contribution < 1.29 is 11.3 Å². The topological polar surface area (TPSA) is 56.7 Å². The van der Waals surface area contributed by atoms with Crippen molar-refractivity contribution in [3.05, 3.63) is 158 Å². The molecule has 4 aromatic heterocycles. The van der Waals surface area contributed by atoms with Gasteiger partial charge in [0.15, 0.2) is 23.1 Å². The van der Waals surface area contributed by atoms with Crippen molar-refractivity contribution in [2.24, 2.45) is 0 Å². The summed E-state index contributed by atoms with van der Waals surface area (Å²) in [6, 6.07) is 40.6. The summed E-state index contributed by atoms with van der Waals surface area (Å²) in [6.07, 6.45) is 0. The van der Waals surface area contributed by atoms with Gasteiger partial charge in [0, 0.05) is 52.8 Å². The largest absolute Gasteiger partial charge is 0.453 e. The van der Waals surface area contributed by atoms with E-state index in [1.165, 1.54) is 0 Å². The van der Waals surface area contributed by atoms with E-state index in [-0.39, 0.29) is 17.2 Å². The van der Waals surface area contributed by atoms with E-state index in [1.54, 1.807) is 11.3 Å². The molecule has 0 aliphatic heterocycles. The standard InChI is InChI=1S/C45H26N4OS/c1-2-13-27(14-3-1)43-46-44(33-20-12-26-39-40(33)32-17-6-9-25-38(32)51-39)48-45(47-43)34-21-10-18-30-31-19-11-24-37(42(31)50-41(30)34)49-35-22-7-4-15-28(35)29-16-5-8-23-36(29)49/h1-26H/i1D,2D,3D,13D,14D. The average Bonchev–Trinajstić information content (AvgIpc) is 3.92. The molecule has 11 aromatic rings. The Kier molecular flexibility index (Phi) is 5.08. The molecule has 0 saturated carbocycles. The zero-order chi connectivity index (χ0) is 37.8. The fourth-order valence-electron chi connectivity index (χ4n) is 7.39. The van der Waals surface area contributed by atoms with Crippen LogP contribution in [0.4, 0.5) is 0 Å². The predicted molar refractivity (Wildman–Crippen MR) is 211 cm³/mol. The SMILES string of the molecule is [2H]c1c([2H])c([2H])c(-c2nc(-c3cccc4c3oc3c(-n5c6ccccc6c6ccccc65)cccc34)nc(-c3cccc4sc5ccccc5c34)n2)c([2H])c1[2H]. The summed E-state index contributed by atoms with van der Waals surface area (Å²) in [5, 5.41) is 6.07. The summed E-state index contributed by atoms with van der Waals surface area (Å²) in [4.78, 5) is 14.9. The average molecular weight is 676 g/mol. The lowest BCUT2D eigenvalue weighted by Crippen LogP contribution is -2.00. The first-order valence-corrected chi connectivity index (χ1v) is 17.4. The van der Waals surface area contributed by atoms with Crippen molar-refractivity contribution in [1.29, 1.82) is 0 Å². The van der Waals surface area contributed by atoms with E-state index in [1.807, 2.05) is 66.7 Å². The van der Waals surface area contributed by atoms with E-state index in [2.05, 4.69) is 65.2 Å². The Hall–Kier alpha value is -6.63. The summed E-state index contributed by atoms with van der Waals surface area (Å²) >= 11 is 1.67. The monoisotopic (exact) mass is 675 g/mol. The number of para-hydroxylation sites is 4. The van der Waals surface area contributed by atoms with Crippen molar-refractivity contribution >= 4 is 75.3 Å². The van der Waals surface area contributed by atoms with Crippen LogP contribution < -0.4 is 0 Å². The summed E-state index contributed by atoms with van der Waals surface area (Å²) in [5.41, 5.74) is 5.46. The predicted octanol–water partition coefficient (Wildman–Crippen LogP) is 12.2. The molecule has 0 amide bonds. The first-order chi connectivity index (χ1) is 27.4. The Morgan fingerprint density at radius 3 is 1.84 bits per heavy atom. The molecular formula is C45H26N4OS. The van der Waals surface area contributed by atoms with Crippen LogP contribution in [-0.2, 0) is 0 Å². The molecule has 0 aliphatic rings. The Morgan fingerprint density at radius 1 is 0.490 bits per heavy atom. The van der Waals surface area contributed by atoms with Crippen LogP contribution in [0.3, 0.4) is 0 Å². The number of rotatable bonds is 4. The zero-order valence-corrected chi connectivity index (χ0v) is 27.5. The third-order valence-corrected chi connectivity index (χ3v) is 10.7. The molecule has 4 heterocycles. The minimum absolute atomic E-state index is 0.0300. The molecule has 0 atom stereocenters. The number of benzene rings is 7. The molecule has 5 nitrogen and oxygen atoms in total. The van der Waals surface area contributed by atoms with Crippen LogP contribution in [0.5, 0.6) is 0 Å². The van der Waals surface area contributed by atoms with Gasteiger partial charge in [-0.2, -0.15) is 0 Å². The highest BCUT2D eigenvalue weighted by Crippen LogP contribution is 2.42. The van der Waals surface area contributed by atoms with Gasteiger partial charge < -0.3 is 8.98 Å². The van der Waals surface area contributed by atoms with E-state index < -0.39 is 30.2 Å². The smallest absolute Gasteiger partial charge is 0.167 e. The molecule has 6 heteroatoms. The maximum atomic E-state index is 8.86. The normalized spacial score (nSPS) is 13.3. The maximum absolute atomic E-state index is 8.86. The van der Waals surface area contributed by atoms with Gasteiger partial charge in [0.05, 0.1) is 29.1 Å². The van der Waals surface area contributed by atoms with Crippen LogP contribution in [-0.4, -0.2) is 19.5 Å². The van der Waals surface area contributed by atoms with Crippen molar-refractivity contribution in [3.8, 4) is 39.9 Å². The van der Waals surface area contributed by atoms with Gasteiger partial charge in [0.1, 0.15) is 5.58 Å². The van der Waals surface area contributed by atoms with Gasteiger partial charge in [-0.05, 0) is 36.4 Å². The molecule has 238 valence electrons. The highest BCUT2D eigenvalue weighted by Gasteiger charge is 2.22. The van der Waals surface area contributed by atoms with Gasteiger partial charge in [-0.25, -0.2) is 15.0 Å². The maximum Gasteiger partial charge on any atom is 0.167 e. The Morgan fingerprint density at radius 2 is 1.06 bits per heavy atom. The molecule has 0 fully saturated rings. The fourth-order valence-corrected chi connectivity index (χ4v) is 8.52. The third kappa shape index (κ3) is 4.24. The summed E-state index contributed by atoms with van der Waals surface area (Å²) < 4.78 is 54.2. The number of aromatic nitrogens is 4. The molecule has 51 heavy (non-hydrogen) atoms. The lowest BCUT2D eigenvalue weighted by Gasteiger charge is -2.10. The molecule has 0 bridgehead atoms. The van der Waals surface area contributed by atoms with Gasteiger partial charge in [0.2, 0.25) is 0 Å². The van der Waals surface area contributed by atoms with Crippen LogP contribution in [0, 0.1) is 0 Å². The molecule has 0 spiro atoms. The molecule has 0 aliphatic carbocycles. The van der Waals surface area contributed by atoms with Crippen molar-refractivity contribution in [3.63, 3.8) is 0 Å². The van der Waals surface area contributed by atoms with Crippen LogP contribution in [0.15, 0.2) is 162 Å². The van der Waals surface area contributed by atoms with Gasteiger partial charge in [-0.15, -0.1) is 11.3 Å². The van der Waals surface area contributed by atoms with Crippen LogP contribution >= 0.6 is 11.3 Å². The number of fused-ring (bicyclic) bond motifs is 9. The second kappa shape index (κ2) is 10.9. The highest BCUT2D eigenvalue weighted by molar-refractivity contribution is 7.25. The first-order valence-electron chi connectivity index (χ1n) is 19.0. The molecule has 11 rings (SSSR count). The third-order valence-electron chi connectivity index (χ3n) is 9.57. The van der Waals surface area contributed by atoms with E-state index in [0.29, 0.717) is 22.6 Å². The van der Waals surface area contributed by atoms with Gasteiger partial charge in [0.25, 0.3) is 0 Å². The quantitative estimate of drug-likeness (QED) is 0.186. The van der Waals surface area contributed by atoms with E-state index >= 15 is 0 Å². The summed E-state index contributed by atoms with van der Waals surface area (Å²) in [5.74, 6) is 0.527. The summed E-state index contributed by atoms with van der Waals surface area (Å²) in [7, 11) is 0. The molecule has 0 radical (unpaired) electrons. The van der Waals surface area contributed by atoms with Gasteiger partial charge >= 0.3 is 0 Å². The number of thiophene rings is 1. The molecule has 0 unspecified atom stereocenters. The van der Waals surface area contributed by atoms with Crippen LogP contribution in [0.1, 0.15) is 6.85 Å². The number of hydrogen-bond acceptors (Lipinski definition) is 5. The van der Waals surface area contributed by atoms with Crippen LogP contribution in [0.2, 0.25) is 0 Å². The number of furan rings is 1. The van der Waals surface area contributed by atoms with Crippen molar-refractivity contribution in [2.45, 2.75) is 0 Å². The van der Waals surface area contributed by atoms with Gasteiger partial charge in [-0.3, -0.25) is 0 Å². The summed E-state index contributed by atoms with van der Waals surface area (Å²) in [6.45, 7) is 0. The fraction of sp³-hybridized carbons (Fsp3) is 0. The Bertz CT molecular complexity index is 3380. The Balaban J connectivity index is 1.21. The first kappa shape index (κ1) is 23.7. The van der Waals surface area contributed by atoms with E-state index in [9.17, 15) is 0 Å². The molecule has 0 saturated heterocycles. The van der Waals surface area contributed by atoms with Crippen molar-refractivity contribution in [2.75, 3.05) is 0 Å². The molecular weight excluding hydrogens is 645 g/mol. The lowest BCUT2D eigenvalue weighted by atomic mass is 10.0. The Labute approximate surface area is 302 Å².